The van der Waals surface area contributed by atoms with Gasteiger partial charge in [0.2, 0.25) is 0 Å². The van der Waals surface area contributed by atoms with E-state index in [0.29, 0.717) is 14.6 Å². The van der Waals surface area contributed by atoms with Crippen LogP contribution >= 0.6 is 44.1 Å². The maximum absolute atomic E-state index is 12.4. The lowest BCUT2D eigenvalue weighted by Gasteiger charge is -2.10. The molecule has 0 aliphatic rings. The molecule has 11 heteroatoms. The zero-order chi connectivity index (χ0) is 21.1. The number of hydrogen-bond acceptors (Lipinski definition) is 6. The summed E-state index contributed by atoms with van der Waals surface area (Å²) in [6, 6.07) is 12.1. The Hall–Kier alpha value is -2.76. The van der Waals surface area contributed by atoms with Crippen molar-refractivity contribution in [2.45, 2.75) is 0 Å². The zero-order valence-corrected chi connectivity index (χ0v) is 18.3. The Morgan fingerprint density at radius 1 is 1.14 bits per heavy atom. The molecule has 0 radical (unpaired) electrons. The molecule has 1 aromatic heterocycles. The number of nitro benzene ring substituents is 1. The number of para-hydroxylation sites is 1. The normalized spacial score (nSPS) is 10.4. The van der Waals surface area contributed by atoms with Crippen LogP contribution in [0.5, 0.6) is 5.75 Å². The molecule has 2 aromatic carbocycles. The summed E-state index contributed by atoms with van der Waals surface area (Å²) in [5.74, 6) is -0.462. The Kier molecular flexibility index (Phi) is 6.30. The predicted octanol–water partition coefficient (Wildman–Crippen LogP) is 5.21. The van der Waals surface area contributed by atoms with E-state index in [-0.39, 0.29) is 33.6 Å². The predicted molar refractivity (Wildman–Crippen MR) is 118 cm³/mol. The van der Waals surface area contributed by atoms with E-state index in [2.05, 4.69) is 42.5 Å². The quantitative estimate of drug-likeness (QED) is 0.180. The number of amides is 1. The number of thiocarbonyl (C=S) groups is 1. The van der Waals surface area contributed by atoms with Crippen LogP contribution in [0.4, 0.5) is 11.4 Å². The van der Waals surface area contributed by atoms with Crippen LogP contribution in [-0.4, -0.2) is 21.0 Å². The minimum atomic E-state index is -0.621. The van der Waals surface area contributed by atoms with Gasteiger partial charge in [-0.1, -0.05) is 12.1 Å². The maximum Gasteiger partial charge on any atom is 0.293 e. The van der Waals surface area contributed by atoms with Crippen molar-refractivity contribution >= 4 is 66.5 Å². The van der Waals surface area contributed by atoms with Crippen LogP contribution in [0, 0.1) is 10.1 Å². The van der Waals surface area contributed by atoms with Gasteiger partial charge in [0.25, 0.3) is 11.6 Å². The van der Waals surface area contributed by atoms with Gasteiger partial charge in [-0.2, -0.15) is 0 Å². The summed E-state index contributed by atoms with van der Waals surface area (Å²) in [5, 5.41) is 26.2. The first-order chi connectivity index (χ1) is 13.8. The molecule has 0 saturated carbocycles. The van der Waals surface area contributed by atoms with Crippen molar-refractivity contribution in [2.75, 3.05) is 5.32 Å². The highest BCUT2D eigenvalue weighted by molar-refractivity contribution is 9.11. The van der Waals surface area contributed by atoms with Gasteiger partial charge in [0.1, 0.15) is 11.5 Å². The highest BCUT2D eigenvalue weighted by atomic mass is 79.9. The highest BCUT2D eigenvalue weighted by Gasteiger charge is 2.20. The molecule has 0 aliphatic carbocycles. The number of anilines is 1. The standard InChI is InChI=1S/C18H11Br2N3O5S/c19-11-7-9(8-12(20)16(11)24)21-18(29)22-17(25)15-6-5-14(28-15)10-3-1-2-4-13(10)23(26)27/h1-8,24H,(H2,21,22,25,29). The van der Waals surface area contributed by atoms with E-state index in [0.717, 1.165) is 0 Å². The zero-order valence-electron chi connectivity index (χ0n) is 14.3. The molecule has 0 fully saturated rings. The van der Waals surface area contributed by atoms with Gasteiger partial charge < -0.3 is 14.8 Å². The fourth-order valence-electron chi connectivity index (χ4n) is 2.41. The van der Waals surface area contributed by atoms with Crippen LogP contribution in [0.1, 0.15) is 10.6 Å². The molecule has 0 saturated heterocycles. The van der Waals surface area contributed by atoms with Gasteiger partial charge in [0, 0.05) is 11.8 Å². The largest absolute Gasteiger partial charge is 0.506 e. The summed E-state index contributed by atoms with van der Waals surface area (Å²) in [7, 11) is 0. The fraction of sp³-hybridized carbons (Fsp3) is 0. The van der Waals surface area contributed by atoms with Gasteiger partial charge >= 0.3 is 0 Å². The molecule has 1 amide bonds. The van der Waals surface area contributed by atoms with Gasteiger partial charge in [-0.15, -0.1) is 0 Å². The molecule has 29 heavy (non-hydrogen) atoms. The number of rotatable bonds is 4. The number of furan rings is 1. The minimum Gasteiger partial charge on any atom is -0.506 e. The van der Waals surface area contributed by atoms with E-state index < -0.39 is 10.8 Å². The summed E-state index contributed by atoms with van der Waals surface area (Å²) in [6.07, 6.45) is 0. The van der Waals surface area contributed by atoms with E-state index in [9.17, 15) is 20.0 Å². The molecule has 0 bridgehead atoms. The van der Waals surface area contributed by atoms with Crippen molar-refractivity contribution in [3.8, 4) is 17.1 Å². The highest BCUT2D eigenvalue weighted by Crippen LogP contribution is 2.35. The summed E-state index contributed by atoms with van der Waals surface area (Å²) in [4.78, 5) is 23.0. The SMILES string of the molecule is O=C(NC(=S)Nc1cc(Br)c(O)c(Br)c1)c1ccc(-c2ccccc2[N+](=O)[O-])o1. The van der Waals surface area contributed by atoms with Gasteiger partial charge in [0.05, 0.1) is 19.4 Å². The lowest BCUT2D eigenvalue weighted by atomic mass is 10.1. The van der Waals surface area contributed by atoms with E-state index in [1.807, 2.05) is 0 Å². The number of carbonyl (C=O) groups excluding carboxylic acids is 1. The average Bonchev–Trinajstić information content (AvgIpc) is 3.16. The van der Waals surface area contributed by atoms with Crippen molar-refractivity contribution in [3.05, 3.63) is 73.4 Å². The molecule has 1 heterocycles. The van der Waals surface area contributed by atoms with Crippen LogP contribution in [0.2, 0.25) is 0 Å². The molecule has 3 N–H and O–H groups in total. The molecule has 3 rings (SSSR count). The number of aromatic hydroxyl groups is 1. The topological polar surface area (TPSA) is 118 Å². The molecular formula is C18H11Br2N3O5S. The second-order valence-corrected chi connectivity index (χ2v) is 7.75. The van der Waals surface area contributed by atoms with Gasteiger partial charge in [-0.25, -0.2) is 0 Å². The second kappa shape index (κ2) is 8.72. The number of phenolic OH excluding ortho intramolecular Hbond substituents is 1. The van der Waals surface area contributed by atoms with Gasteiger partial charge in [-0.05, 0) is 74.4 Å². The molecule has 148 valence electrons. The molecule has 8 nitrogen and oxygen atoms in total. The molecule has 0 aliphatic heterocycles. The number of carbonyl (C=O) groups is 1. The molecular weight excluding hydrogens is 530 g/mol. The van der Waals surface area contributed by atoms with Crippen molar-refractivity contribution < 1.29 is 19.2 Å². The summed E-state index contributed by atoms with van der Waals surface area (Å²) in [5.41, 5.74) is 0.650. The molecule has 0 spiro atoms. The average molecular weight is 541 g/mol. The van der Waals surface area contributed by atoms with Crippen molar-refractivity contribution in [2.24, 2.45) is 0 Å². The van der Waals surface area contributed by atoms with Crippen molar-refractivity contribution in [1.29, 1.82) is 0 Å². The van der Waals surface area contributed by atoms with E-state index in [1.54, 1.807) is 24.3 Å². The number of hydrogen-bond donors (Lipinski definition) is 3. The lowest BCUT2D eigenvalue weighted by Crippen LogP contribution is -2.33. The number of nitrogens with zero attached hydrogens (tertiary/aromatic N) is 1. The number of halogens is 2. The number of nitro groups is 1. The summed E-state index contributed by atoms with van der Waals surface area (Å²) >= 11 is 11.5. The van der Waals surface area contributed by atoms with Crippen LogP contribution in [0.25, 0.3) is 11.3 Å². The van der Waals surface area contributed by atoms with Crippen molar-refractivity contribution in [3.63, 3.8) is 0 Å². The Labute approximate surface area is 186 Å². The Morgan fingerprint density at radius 3 is 2.45 bits per heavy atom. The lowest BCUT2D eigenvalue weighted by molar-refractivity contribution is -0.384. The second-order valence-electron chi connectivity index (χ2n) is 5.63. The third-order valence-electron chi connectivity index (χ3n) is 3.70. The summed E-state index contributed by atoms with van der Waals surface area (Å²) < 4.78 is 6.34. The number of nitrogens with one attached hydrogen (secondary N) is 2. The third kappa shape index (κ3) is 4.81. The Morgan fingerprint density at radius 2 is 1.79 bits per heavy atom. The van der Waals surface area contributed by atoms with E-state index in [1.165, 1.54) is 24.3 Å². The first-order valence-corrected chi connectivity index (χ1v) is 9.89. The first kappa shape index (κ1) is 21.0. The number of phenols is 1. The van der Waals surface area contributed by atoms with E-state index >= 15 is 0 Å². The minimum absolute atomic E-state index is 0.00290. The third-order valence-corrected chi connectivity index (χ3v) is 5.11. The van der Waals surface area contributed by atoms with Crippen molar-refractivity contribution in [1.82, 2.24) is 5.32 Å². The van der Waals surface area contributed by atoms with Gasteiger partial charge in [0.15, 0.2) is 10.9 Å². The Balaban J connectivity index is 1.72. The van der Waals surface area contributed by atoms with Gasteiger partial charge in [-0.3, -0.25) is 20.2 Å². The van der Waals surface area contributed by atoms with Crippen LogP contribution in [0.15, 0.2) is 61.9 Å². The summed E-state index contributed by atoms with van der Waals surface area (Å²) in [6.45, 7) is 0. The molecule has 0 unspecified atom stereocenters. The Bertz CT molecular complexity index is 1110. The maximum atomic E-state index is 12.4. The van der Waals surface area contributed by atoms with Crippen LogP contribution in [-0.2, 0) is 0 Å². The number of benzene rings is 2. The first-order valence-electron chi connectivity index (χ1n) is 7.90. The van der Waals surface area contributed by atoms with Crippen LogP contribution in [0.3, 0.4) is 0 Å². The van der Waals surface area contributed by atoms with E-state index in [4.69, 9.17) is 16.6 Å². The molecule has 3 aromatic rings. The van der Waals surface area contributed by atoms with Crippen LogP contribution < -0.4 is 10.6 Å². The fourth-order valence-corrected chi connectivity index (χ4v) is 3.81. The monoisotopic (exact) mass is 539 g/mol. The molecule has 0 atom stereocenters. The smallest absolute Gasteiger partial charge is 0.293 e.